The van der Waals surface area contributed by atoms with Crippen molar-refractivity contribution >= 4 is 60.7 Å². The highest BCUT2D eigenvalue weighted by Crippen LogP contribution is 2.50. The standard InChI is InChI=1S/C60H39N3O4/c1-3-15-54-38(2)64-59-36-52-48(34-57(59)65-54)46-30-28-44(32-50(46)62(52)41-18-9-5-10-19-41)61(43-26-24-40(25-27-43)39-16-7-4-8-17-39)45-29-31-47-49-35-58-60(67-56-23-14-13-22-55(56)66-58)37-53(49)63(51(47)33-45)42-20-11-6-12-21-42/h3-37H,1-2H2/b54-15+. The van der Waals surface area contributed by atoms with E-state index in [0.717, 1.165) is 83.2 Å². The van der Waals surface area contributed by atoms with Crippen LogP contribution in [0.3, 0.4) is 0 Å². The molecule has 0 radical (unpaired) electrons. The zero-order chi connectivity index (χ0) is 44.6. The number of ether oxygens (including phenoxy) is 4. The first-order chi connectivity index (χ1) is 33.1. The summed E-state index contributed by atoms with van der Waals surface area (Å²) >= 11 is 0. The van der Waals surface area contributed by atoms with Crippen LogP contribution in [0.25, 0.3) is 66.1 Å². The second-order valence-electron chi connectivity index (χ2n) is 16.7. The maximum Gasteiger partial charge on any atom is 0.172 e. The van der Waals surface area contributed by atoms with Gasteiger partial charge in [0.05, 0.1) is 22.1 Å². The summed E-state index contributed by atoms with van der Waals surface area (Å²) in [5, 5.41) is 4.26. The highest BCUT2D eigenvalue weighted by Gasteiger charge is 2.26. The normalized spacial score (nSPS) is 13.4. The molecule has 318 valence electrons. The van der Waals surface area contributed by atoms with E-state index in [4.69, 9.17) is 18.9 Å². The van der Waals surface area contributed by atoms with Gasteiger partial charge < -0.3 is 33.0 Å². The number of hydrogen-bond acceptors (Lipinski definition) is 5. The van der Waals surface area contributed by atoms with Crippen molar-refractivity contribution in [1.29, 1.82) is 0 Å². The summed E-state index contributed by atoms with van der Waals surface area (Å²) in [5.74, 6) is 4.93. The van der Waals surface area contributed by atoms with Gasteiger partial charge >= 0.3 is 0 Å². The summed E-state index contributed by atoms with van der Waals surface area (Å²) in [6, 6.07) is 69.8. The van der Waals surface area contributed by atoms with E-state index in [9.17, 15) is 0 Å². The molecule has 9 aromatic carbocycles. The Morgan fingerprint density at radius 1 is 0.373 bits per heavy atom. The summed E-state index contributed by atoms with van der Waals surface area (Å²) in [6.07, 6.45) is 3.44. The van der Waals surface area contributed by atoms with Crippen LogP contribution in [0.5, 0.6) is 34.5 Å². The number of rotatable bonds is 7. The molecule has 67 heavy (non-hydrogen) atoms. The molecule has 7 nitrogen and oxygen atoms in total. The Morgan fingerprint density at radius 2 is 0.806 bits per heavy atom. The maximum atomic E-state index is 6.47. The summed E-state index contributed by atoms with van der Waals surface area (Å²) in [6.45, 7) is 7.97. The largest absolute Gasteiger partial charge is 0.450 e. The van der Waals surface area contributed by atoms with Gasteiger partial charge in [-0.15, -0.1) is 0 Å². The maximum absolute atomic E-state index is 6.47. The molecule has 0 N–H and O–H groups in total. The third kappa shape index (κ3) is 6.28. The van der Waals surface area contributed by atoms with E-state index in [1.54, 1.807) is 12.2 Å². The van der Waals surface area contributed by atoms with Gasteiger partial charge in [0, 0.05) is 62.1 Å². The van der Waals surface area contributed by atoms with Crippen molar-refractivity contribution in [2.45, 2.75) is 0 Å². The molecule has 0 atom stereocenters. The molecule has 2 aromatic heterocycles. The first-order valence-corrected chi connectivity index (χ1v) is 22.2. The molecule has 0 saturated carbocycles. The van der Waals surface area contributed by atoms with Crippen LogP contribution < -0.4 is 23.8 Å². The molecular weight excluding hydrogens is 827 g/mol. The fraction of sp³-hybridized carbons (Fsp3) is 0. The molecule has 4 heterocycles. The SMILES string of the molecule is C=C/C=C1/Oc2cc3c4ccc(N(c5ccc(-c6ccccc6)cc5)c5ccc6c7cc8c(cc7n(-c7ccccc7)c6c5)Oc5ccccc5O8)cc4n(-c4ccccc4)c3cc2OC1=C. The molecule has 2 aliphatic rings. The van der Waals surface area contributed by atoms with Crippen molar-refractivity contribution < 1.29 is 18.9 Å². The molecule has 2 aliphatic heterocycles. The molecule has 0 amide bonds. The molecular formula is C60H39N3O4. The number of benzene rings is 9. The molecule has 13 rings (SSSR count). The Hall–Kier alpha value is -9.20. The Balaban J connectivity index is 1.04. The quantitative estimate of drug-likeness (QED) is 0.160. The van der Waals surface area contributed by atoms with Crippen molar-refractivity contribution in [1.82, 2.24) is 9.13 Å². The predicted octanol–water partition coefficient (Wildman–Crippen LogP) is 16.3. The van der Waals surface area contributed by atoms with Crippen molar-refractivity contribution in [3.05, 3.63) is 237 Å². The van der Waals surface area contributed by atoms with Crippen LogP contribution in [0.4, 0.5) is 17.1 Å². The van der Waals surface area contributed by atoms with Crippen molar-refractivity contribution in [2.75, 3.05) is 4.90 Å². The lowest BCUT2D eigenvalue weighted by atomic mass is 10.0. The number of nitrogens with zero attached hydrogens (tertiary/aromatic N) is 3. The highest BCUT2D eigenvalue weighted by molar-refractivity contribution is 6.13. The van der Waals surface area contributed by atoms with Gasteiger partial charge in [-0.05, 0) is 102 Å². The van der Waals surface area contributed by atoms with Crippen LogP contribution in [0.1, 0.15) is 0 Å². The fourth-order valence-electron chi connectivity index (χ4n) is 9.66. The minimum Gasteiger partial charge on any atom is -0.450 e. The number of allylic oxidation sites excluding steroid dienone is 2. The predicted molar refractivity (Wildman–Crippen MR) is 271 cm³/mol. The lowest BCUT2D eigenvalue weighted by molar-refractivity contribution is 0.296. The Kier molecular flexibility index (Phi) is 8.69. The van der Waals surface area contributed by atoms with E-state index in [2.05, 4.69) is 185 Å². The summed E-state index contributed by atoms with van der Waals surface area (Å²) in [4.78, 5) is 2.34. The van der Waals surface area contributed by atoms with Gasteiger partial charge in [0.2, 0.25) is 0 Å². The zero-order valence-corrected chi connectivity index (χ0v) is 36.1. The summed E-state index contributed by atoms with van der Waals surface area (Å²) in [5.41, 5.74) is 11.4. The van der Waals surface area contributed by atoms with Gasteiger partial charge in [0.15, 0.2) is 46.0 Å². The number of anilines is 3. The van der Waals surface area contributed by atoms with Crippen LogP contribution in [-0.4, -0.2) is 9.13 Å². The van der Waals surface area contributed by atoms with Gasteiger partial charge in [-0.2, -0.15) is 0 Å². The van der Waals surface area contributed by atoms with E-state index in [0.29, 0.717) is 46.0 Å². The third-order valence-electron chi connectivity index (χ3n) is 12.7. The Bertz CT molecular complexity index is 3830. The van der Waals surface area contributed by atoms with Crippen molar-refractivity contribution in [2.24, 2.45) is 0 Å². The van der Waals surface area contributed by atoms with Crippen LogP contribution in [-0.2, 0) is 0 Å². The molecule has 0 bridgehead atoms. The first-order valence-electron chi connectivity index (χ1n) is 22.2. The first kappa shape index (κ1) is 38.3. The van der Waals surface area contributed by atoms with E-state index in [1.807, 2.05) is 42.5 Å². The molecule has 7 heteroatoms. The number of hydrogen-bond donors (Lipinski definition) is 0. The van der Waals surface area contributed by atoms with Gasteiger partial charge in [-0.1, -0.05) is 122 Å². The van der Waals surface area contributed by atoms with Gasteiger partial charge in [-0.3, -0.25) is 0 Å². The van der Waals surface area contributed by atoms with Crippen LogP contribution in [0, 0.1) is 0 Å². The zero-order valence-electron chi connectivity index (χ0n) is 36.1. The van der Waals surface area contributed by atoms with E-state index < -0.39 is 0 Å². The Morgan fingerprint density at radius 3 is 1.34 bits per heavy atom. The third-order valence-corrected chi connectivity index (χ3v) is 12.7. The smallest absolute Gasteiger partial charge is 0.172 e. The second kappa shape index (κ2) is 15.2. The molecule has 11 aromatic rings. The van der Waals surface area contributed by atoms with Crippen LogP contribution >= 0.6 is 0 Å². The number of para-hydroxylation sites is 4. The van der Waals surface area contributed by atoms with Gasteiger partial charge in [0.25, 0.3) is 0 Å². The summed E-state index contributed by atoms with van der Waals surface area (Å²) < 4.78 is 30.2. The molecule has 0 spiro atoms. The molecule has 0 fully saturated rings. The average Bonchev–Trinajstić information content (AvgIpc) is 3.86. The van der Waals surface area contributed by atoms with E-state index >= 15 is 0 Å². The monoisotopic (exact) mass is 865 g/mol. The topological polar surface area (TPSA) is 50.0 Å². The summed E-state index contributed by atoms with van der Waals surface area (Å²) in [7, 11) is 0. The van der Waals surface area contributed by atoms with E-state index in [1.165, 1.54) is 0 Å². The average molecular weight is 866 g/mol. The minimum atomic E-state index is 0.431. The Labute approximate surface area is 386 Å². The van der Waals surface area contributed by atoms with Gasteiger partial charge in [0.1, 0.15) is 0 Å². The minimum absolute atomic E-state index is 0.431. The fourth-order valence-corrected chi connectivity index (χ4v) is 9.66. The highest BCUT2D eigenvalue weighted by atomic mass is 16.6. The van der Waals surface area contributed by atoms with Crippen LogP contribution in [0.2, 0.25) is 0 Å². The number of fused-ring (bicyclic) bond motifs is 9. The van der Waals surface area contributed by atoms with Crippen molar-refractivity contribution in [3.8, 4) is 57.0 Å². The molecule has 0 saturated heterocycles. The lowest BCUT2D eigenvalue weighted by Crippen LogP contribution is -2.11. The van der Waals surface area contributed by atoms with Crippen molar-refractivity contribution in [3.63, 3.8) is 0 Å². The number of aromatic nitrogens is 2. The van der Waals surface area contributed by atoms with Crippen LogP contribution in [0.15, 0.2) is 237 Å². The molecule has 0 unspecified atom stereocenters. The second-order valence-corrected chi connectivity index (χ2v) is 16.7. The molecule has 0 aliphatic carbocycles. The van der Waals surface area contributed by atoms with E-state index in [-0.39, 0.29) is 0 Å². The lowest BCUT2D eigenvalue weighted by Gasteiger charge is -2.26. The van der Waals surface area contributed by atoms with Gasteiger partial charge in [-0.25, -0.2) is 0 Å².